The lowest BCUT2D eigenvalue weighted by Crippen LogP contribution is -2.63. The molecule has 0 aliphatic rings. The van der Waals surface area contributed by atoms with Crippen molar-refractivity contribution in [2.45, 2.75) is 174 Å². The predicted molar refractivity (Wildman–Crippen MR) is 170 cm³/mol. The number of nitrogens with zero attached hydrogens (tertiary/aromatic N) is 2. The lowest BCUT2D eigenvalue weighted by atomic mass is 9.98. The number of quaternary nitrogens is 1. The van der Waals surface area contributed by atoms with E-state index in [1.807, 2.05) is 12.2 Å². The van der Waals surface area contributed by atoms with Gasteiger partial charge in [-0.2, -0.15) is 5.01 Å². The monoisotopic (exact) mass is 534 g/mol. The summed E-state index contributed by atoms with van der Waals surface area (Å²) in [5.41, 5.74) is 0. The van der Waals surface area contributed by atoms with Crippen LogP contribution in [0.25, 0.3) is 0 Å². The molecule has 0 aliphatic heterocycles. The van der Waals surface area contributed by atoms with E-state index in [-0.39, 0.29) is 5.91 Å². The number of hydrogen-bond donors (Lipinski definition) is 0. The summed E-state index contributed by atoms with van der Waals surface area (Å²) in [4.78, 5) is 13.0. The van der Waals surface area contributed by atoms with Gasteiger partial charge in [-0.3, -0.25) is 4.79 Å². The molecule has 0 saturated heterocycles. The van der Waals surface area contributed by atoms with Crippen LogP contribution in [0.15, 0.2) is 25.3 Å². The third-order valence-corrected chi connectivity index (χ3v) is 8.27. The zero-order chi connectivity index (χ0) is 28.3. The Kier molecular flexibility index (Phi) is 25.4. The molecular formula is C35H69N2O+. The topological polar surface area (TPSA) is 20.3 Å². The van der Waals surface area contributed by atoms with Crippen LogP contribution in [-0.4, -0.2) is 41.7 Å². The highest BCUT2D eigenvalue weighted by Crippen LogP contribution is 2.25. The average Bonchev–Trinajstić information content (AvgIpc) is 2.88. The summed E-state index contributed by atoms with van der Waals surface area (Å²) in [5.74, 6) is 0.191. The SMILES string of the molecule is C=CC[N+](C)(CC=C)N(C(C)=O)C(CCCCCCCCCCCC)CCCCCCCCCCCCC. The van der Waals surface area contributed by atoms with Crippen molar-refractivity contribution in [1.29, 1.82) is 0 Å². The molecule has 0 fully saturated rings. The van der Waals surface area contributed by atoms with Crippen LogP contribution in [0.5, 0.6) is 0 Å². The van der Waals surface area contributed by atoms with Gasteiger partial charge in [-0.15, -0.1) is 0 Å². The van der Waals surface area contributed by atoms with Gasteiger partial charge in [0.15, 0.2) is 0 Å². The first-order valence-corrected chi connectivity index (χ1v) is 16.8. The van der Waals surface area contributed by atoms with Gasteiger partial charge in [-0.1, -0.05) is 162 Å². The number of hydrogen-bond acceptors (Lipinski definition) is 1. The number of unbranched alkanes of at least 4 members (excludes halogenated alkanes) is 19. The highest BCUT2D eigenvalue weighted by molar-refractivity contribution is 5.72. The molecule has 0 saturated carbocycles. The van der Waals surface area contributed by atoms with Crippen molar-refractivity contribution in [2.75, 3.05) is 20.1 Å². The molecule has 0 radical (unpaired) electrons. The third kappa shape index (κ3) is 19.0. The Morgan fingerprint density at radius 1 is 0.605 bits per heavy atom. The normalized spacial score (nSPS) is 12.4. The second kappa shape index (κ2) is 26.1. The van der Waals surface area contributed by atoms with Gasteiger partial charge in [0.1, 0.15) is 13.1 Å². The van der Waals surface area contributed by atoms with Gasteiger partial charge in [0.2, 0.25) is 0 Å². The van der Waals surface area contributed by atoms with E-state index in [0.717, 1.165) is 25.9 Å². The van der Waals surface area contributed by atoms with Gasteiger partial charge in [-0.25, -0.2) is 4.59 Å². The molecule has 0 aliphatic carbocycles. The van der Waals surface area contributed by atoms with Crippen molar-refractivity contribution in [2.24, 2.45) is 0 Å². The maximum absolute atomic E-state index is 13.0. The minimum absolute atomic E-state index is 0.191. The van der Waals surface area contributed by atoms with Gasteiger partial charge in [0, 0.05) is 6.92 Å². The Bertz CT molecular complexity index is 548. The van der Waals surface area contributed by atoms with Crippen LogP contribution in [0.3, 0.4) is 0 Å². The minimum atomic E-state index is 0.191. The maximum atomic E-state index is 13.0. The van der Waals surface area contributed by atoms with E-state index >= 15 is 0 Å². The van der Waals surface area contributed by atoms with Gasteiger partial charge in [0.25, 0.3) is 5.91 Å². The number of carbonyl (C=O) groups is 1. The first-order chi connectivity index (χ1) is 18.5. The highest BCUT2D eigenvalue weighted by Gasteiger charge is 2.36. The van der Waals surface area contributed by atoms with Crippen LogP contribution < -0.4 is 0 Å². The molecule has 3 heteroatoms. The molecule has 1 atom stereocenters. The molecule has 224 valence electrons. The Morgan fingerprint density at radius 3 is 1.16 bits per heavy atom. The zero-order valence-electron chi connectivity index (χ0n) is 26.6. The number of amides is 1. The van der Waals surface area contributed by atoms with Crippen molar-refractivity contribution < 1.29 is 9.39 Å². The van der Waals surface area contributed by atoms with Crippen molar-refractivity contribution in [3.05, 3.63) is 25.3 Å². The number of carbonyl (C=O) groups excluding carboxylic acids is 1. The van der Waals surface area contributed by atoms with E-state index in [2.05, 4.69) is 39.1 Å². The van der Waals surface area contributed by atoms with Gasteiger partial charge in [0.05, 0.1) is 13.1 Å². The van der Waals surface area contributed by atoms with E-state index < -0.39 is 0 Å². The van der Waals surface area contributed by atoms with E-state index in [1.54, 1.807) is 6.92 Å². The summed E-state index contributed by atoms with van der Waals surface area (Å²) in [7, 11) is 2.18. The molecule has 0 heterocycles. The predicted octanol–water partition coefficient (Wildman–Crippen LogP) is 10.9. The Hall–Kier alpha value is -1.09. The number of rotatable bonds is 29. The molecule has 1 unspecified atom stereocenters. The standard InChI is InChI=1S/C35H69N2O/c1-7-11-13-15-17-19-21-23-25-27-29-31-35(30-28-26-24-22-20-18-16-14-12-8-2)36(34(5)38)37(6,32-9-3)33-10-4/h9-10,35H,3-4,7-8,11-33H2,1-2,5-6H3/q+1. The third-order valence-electron chi connectivity index (χ3n) is 8.27. The van der Waals surface area contributed by atoms with Crippen LogP contribution in [0.1, 0.15) is 168 Å². The van der Waals surface area contributed by atoms with Gasteiger partial charge < -0.3 is 0 Å². The van der Waals surface area contributed by atoms with Crippen LogP contribution >= 0.6 is 0 Å². The Balaban J connectivity index is 4.68. The van der Waals surface area contributed by atoms with E-state index in [0.29, 0.717) is 10.6 Å². The summed E-state index contributed by atoms with van der Waals surface area (Å²) < 4.78 is 0.572. The first kappa shape index (κ1) is 36.9. The summed E-state index contributed by atoms with van der Waals surface area (Å²) in [6.45, 7) is 15.9. The fraction of sp³-hybridized carbons (Fsp3) is 0.857. The minimum Gasteiger partial charge on any atom is -0.270 e. The molecule has 0 bridgehead atoms. The maximum Gasteiger partial charge on any atom is 0.264 e. The van der Waals surface area contributed by atoms with Crippen molar-refractivity contribution in [1.82, 2.24) is 5.01 Å². The van der Waals surface area contributed by atoms with E-state index in [9.17, 15) is 4.79 Å². The first-order valence-electron chi connectivity index (χ1n) is 16.8. The lowest BCUT2D eigenvalue weighted by Gasteiger charge is -2.45. The molecule has 0 rings (SSSR count). The summed E-state index contributed by atoms with van der Waals surface area (Å²) in [6, 6.07) is 0.310. The summed E-state index contributed by atoms with van der Waals surface area (Å²) in [5, 5.41) is 2.17. The van der Waals surface area contributed by atoms with Gasteiger partial charge >= 0.3 is 0 Å². The van der Waals surface area contributed by atoms with E-state index in [1.165, 1.54) is 135 Å². The van der Waals surface area contributed by atoms with Gasteiger partial charge in [-0.05, 0) is 25.0 Å². The lowest BCUT2D eigenvalue weighted by molar-refractivity contribution is -1.00. The summed E-state index contributed by atoms with van der Waals surface area (Å²) in [6.07, 6.45) is 34.7. The molecule has 3 nitrogen and oxygen atoms in total. The summed E-state index contributed by atoms with van der Waals surface area (Å²) >= 11 is 0. The molecule has 1 amide bonds. The highest BCUT2D eigenvalue weighted by atomic mass is 16.2. The molecule has 0 N–H and O–H groups in total. The zero-order valence-corrected chi connectivity index (χ0v) is 26.6. The van der Waals surface area contributed by atoms with Crippen LogP contribution in [0, 0.1) is 0 Å². The van der Waals surface area contributed by atoms with E-state index in [4.69, 9.17) is 0 Å². The second-order valence-corrected chi connectivity index (χ2v) is 12.1. The molecule has 0 aromatic rings. The largest absolute Gasteiger partial charge is 0.270 e. The average molecular weight is 534 g/mol. The fourth-order valence-corrected chi connectivity index (χ4v) is 6.10. The quantitative estimate of drug-likeness (QED) is 0.0405. The van der Waals surface area contributed by atoms with Crippen LogP contribution in [-0.2, 0) is 4.79 Å². The molecule has 38 heavy (non-hydrogen) atoms. The molecule has 0 aromatic carbocycles. The van der Waals surface area contributed by atoms with Crippen molar-refractivity contribution in [3.63, 3.8) is 0 Å². The molecule has 0 aromatic heterocycles. The number of likely N-dealkylation sites (N-methyl/N-ethyl adjacent to an activating group) is 1. The molecule has 0 spiro atoms. The van der Waals surface area contributed by atoms with Crippen LogP contribution in [0.4, 0.5) is 0 Å². The van der Waals surface area contributed by atoms with Crippen LogP contribution in [0.2, 0.25) is 0 Å². The fourth-order valence-electron chi connectivity index (χ4n) is 6.10. The Labute approximate surface area is 240 Å². The second-order valence-electron chi connectivity index (χ2n) is 12.1. The van der Waals surface area contributed by atoms with Crippen molar-refractivity contribution >= 4 is 5.91 Å². The smallest absolute Gasteiger partial charge is 0.264 e. The Morgan fingerprint density at radius 2 is 0.895 bits per heavy atom. The van der Waals surface area contributed by atoms with Crippen molar-refractivity contribution in [3.8, 4) is 0 Å². The molecular weight excluding hydrogens is 464 g/mol.